The van der Waals surface area contributed by atoms with Crippen LogP contribution in [0.4, 0.5) is 0 Å². The van der Waals surface area contributed by atoms with Crippen LogP contribution in [0.5, 0.6) is 0 Å². The molecule has 2 rings (SSSR count). The third kappa shape index (κ3) is 2.96. The first-order valence-electron chi connectivity index (χ1n) is 6.27. The fourth-order valence-corrected chi connectivity index (χ4v) is 2.54. The summed E-state index contributed by atoms with van der Waals surface area (Å²) in [6, 6.07) is 11.2. The largest absolute Gasteiger partial charge is 0.309 e. The third-order valence-corrected chi connectivity index (χ3v) is 3.36. The zero-order valence-corrected chi connectivity index (χ0v) is 10.8. The van der Waals surface area contributed by atoms with Crippen LogP contribution in [0.1, 0.15) is 25.5 Å². The van der Waals surface area contributed by atoms with Crippen LogP contribution in [0.2, 0.25) is 0 Å². The summed E-state index contributed by atoms with van der Waals surface area (Å²) in [5.74, 6) is 0. The van der Waals surface area contributed by atoms with Crippen LogP contribution in [-0.4, -0.2) is 30.1 Å². The molecule has 0 saturated carbocycles. The highest BCUT2D eigenvalue weighted by Gasteiger charge is 2.32. The molecule has 1 aromatic carbocycles. The van der Waals surface area contributed by atoms with Crippen molar-refractivity contribution in [2.75, 3.05) is 19.6 Å². The predicted molar refractivity (Wildman–Crippen MR) is 73.0 cm³/mol. The summed E-state index contributed by atoms with van der Waals surface area (Å²) in [4.78, 5) is 2.50. The van der Waals surface area contributed by atoms with Crippen LogP contribution in [0.15, 0.2) is 43.0 Å². The maximum absolute atomic E-state index is 3.87. The van der Waals surface area contributed by atoms with Gasteiger partial charge in [-0.1, -0.05) is 36.4 Å². The topological polar surface area (TPSA) is 15.3 Å². The van der Waals surface area contributed by atoms with Crippen LogP contribution >= 0.6 is 0 Å². The summed E-state index contributed by atoms with van der Waals surface area (Å²) in [6.45, 7) is 11.4. The number of piperazine rings is 1. The van der Waals surface area contributed by atoms with Crippen LogP contribution in [-0.2, 0) is 0 Å². The van der Waals surface area contributed by atoms with Crippen LogP contribution in [0.3, 0.4) is 0 Å². The van der Waals surface area contributed by atoms with E-state index in [-0.39, 0.29) is 5.54 Å². The van der Waals surface area contributed by atoms with E-state index >= 15 is 0 Å². The molecule has 0 radical (unpaired) electrons. The molecule has 1 unspecified atom stereocenters. The first kappa shape index (κ1) is 12.3. The lowest BCUT2D eigenvalue weighted by Crippen LogP contribution is -2.58. The fraction of sp³-hybridized carbons (Fsp3) is 0.467. The summed E-state index contributed by atoms with van der Waals surface area (Å²) in [5, 5.41) is 3.62. The van der Waals surface area contributed by atoms with Gasteiger partial charge in [0.25, 0.3) is 0 Å². The van der Waals surface area contributed by atoms with Crippen molar-refractivity contribution in [2.45, 2.75) is 25.4 Å². The van der Waals surface area contributed by atoms with Gasteiger partial charge in [0.1, 0.15) is 0 Å². The Morgan fingerprint density at radius 2 is 2.12 bits per heavy atom. The predicted octanol–water partition coefficient (Wildman–Crippen LogP) is 2.60. The molecule has 0 amide bonds. The van der Waals surface area contributed by atoms with Crippen molar-refractivity contribution in [1.29, 1.82) is 0 Å². The lowest BCUT2D eigenvalue weighted by Gasteiger charge is -2.44. The molecular weight excluding hydrogens is 208 g/mol. The highest BCUT2D eigenvalue weighted by Crippen LogP contribution is 2.26. The molecular formula is C15H22N2. The highest BCUT2D eigenvalue weighted by molar-refractivity contribution is 5.21. The van der Waals surface area contributed by atoms with Gasteiger partial charge in [-0.2, -0.15) is 0 Å². The van der Waals surface area contributed by atoms with E-state index in [0.717, 1.165) is 19.6 Å². The van der Waals surface area contributed by atoms with E-state index in [1.807, 2.05) is 6.08 Å². The Kier molecular flexibility index (Phi) is 3.65. The zero-order valence-electron chi connectivity index (χ0n) is 10.8. The van der Waals surface area contributed by atoms with Gasteiger partial charge in [0.05, 0.1) is 0 Å². The van der Waals surface area contributed by atoms with Crippen molar-refractivity contribution in [2.24, 2.45) is 0 Å². The van der Waals surface area contributed by atoms with Gasteiger partial charge in [0.2, 0.25) is 0 Å². The number of hydrogen-bond acceptors (Lipinski definition) is 2. The number of benzene rings is 1. The summed E-state index contributed by atoms with van der Waals surface area (Å²) < 4.78 is 0. The van der Waals surface area contributed by atoms with Crippen molar-refractivity contribution >= 4 is 0 Å². The fourth-order valence-electron chi connectivity index (χ4n) is 2.54. The van der Waals surface area contributed by atoms with Crippen molar-refractivity contribution in [3.8, 4) is 0 Å². The Morgan fingerprint density at radius 1 is 1.41 bits per heavy atom. The Bertz CT molecular complexity index is 370. The van der Waals surface area contributed by atoms with Gasteiger partial charge in [-0.05, 0) is 19.4 Å². The van der Waals surface area contributed by atoms with Crippen LogP contribution in [0.25, 0.3) is 0 Å². The van der Waals surface area contributed by atoms with E-state index < -0.39 is 0 Å². The smallest absolute Gasteiger partial charge is 0.0476 e. The average Bonchev–Trinajstić information content (AvgIpc) is 2.30. The molecule has 1 heterocycles. The number of rotatable bonds is 3. The molecule has 1 aromatic rings. The van der Waals surface area contributed by atoms with Crippen molar-refractivity contribution < 1.29 is 0 Å². The lowest BCUT2D eigenvalue weighted by atomic mass is 9.95. The normalized spacial score (nSPS) is 24.5. The second-order valence-electron chi connectivity index (χ2n) is 5.41. The molecule has 17 heavy (non-hydrogen) atoms. The highest BCUT2D eigenvalue weighted by atomic mass is 15.2. The van der Waals surface area contributed by atoms with E-state index in [1.54, 1.807) is 0 Å². The van der Waals surface area contributed by atoms with E-state index in [9.17, 15) is 0 Å². The molecule has 2 nitrogen and oxygen atoms in total. The molecule has 1 fully saturated rings. The minimum absolute atomic E-state index is 0.189. The Balaban J connectivity index is 2.18. The number of nitrogens with one attached hydrogen (secondary N) is 1. The van der Waals surface area contributed by atoms with Gasteiger partial charge in [-0.3, -0.25) is 4.90 Å². The monoisotopic (exact) mass is 230 g/mol. The molecule has 0 aliphatic carbocycles. The molecule has 92 valence electrons. The molecule has 1 aliphatic rings. The molecule has 1 atom stereocenters. The molecule has 1 saturated heterocycles. The van der Waals surface area contributed by atoms with E-state index in [1.165, 1.54) is 5.56 Å². The van der Waals surface area contributed by atoms with E-state index in [0.29, 0.717) is 6.04 Å². The van der Waals surface area contributed by atoms with Crippen molar-refractivity contribution in [3.63, 3.8) is 0 Å². The standard InChI is InChI=1S/C15H22N2/c1-4-10-17-12-15(2,3)16-11-14(17)13-8-6-5-7-9-13/h4-9,14,16H,1,10-12H2,2-3H3. The minimum atomic E-state index is 0.189. The zero-order chi connectivity index (χ0) is 12.3. The van der Waals surface area contributed by atoms with Gasteiger partial charge in [-0.25, -0.2) is 0 Å². The average molecular weight is 230 g/mol. The molecule has 1 aliphatic heterocycles. The SMILES string of the molecule is C=CCN1CC(C)(C)NCC1c1ccccc1. The van der Waals surface area contributed by atoms with Gasteiger partial charge in [-0.15, -0.1) is 6.58 Å². The Morgan fingerprint density at radius 3 is 2.76 bits per heavy atom. The van der Waals surface area contributed by atoms with E-state index in [2.05, 4.69) is 61.0 Å². The summed E-state index contributed by atoms with van der Waals surface area (Å²) in [6.07, 6.45) is 2.00. The minimum Gasteiger partial charge on any atom is -0.309 e. The first-order valence-corrected chi connectivity index (χ1v) is 6.27. The summed E-state index contributed by atoms with van der Waals surface area (Å²) >= 11 is 0. The first-order chi connectivity index (χ1) is 8.12. The van der Waals surface area contributed by atoms with Gasteiger partial charge in [0, 0.05) is 31.2 Å². The van der Waals surface area contributed by atoms with Crippen LogP contribution < -0.4 is 5.32 Å². The maximum atomic E-state index is 3.87. The summed E-state index contributed by atoms with van der Waals surface area (Å²) in [7, 11) is 0. The Hall–Kier alpha value is -1.12. The number of hydrogen-bond donors (Lipinski definition) is 1. The quantitative estimate of drug-likeness (QED) is 0.803. The summed E-state index contributed by atoms with van der Waals surface area (Å²) in [5.41, 5.74) is 1.58. The molecule has 0 spiro atoms. The second kappa shape index (κ2) is 5.03. The van der Waals surface area contributed by atoms with E-state index in [4.69, 9.17) is 0 Å². The van der Waals surface area contributed by atoms with Gasteiger partial charge < -0.3 is 5.32 Å². The molecule has 0 aromatic heterocycles. The lowest BCUT2D eigenvalue weighted by molar-refractivity contribution is 0.108. The number of nitrogens with zero attached hydrogens (tertiary/aromatic N) is 1. The van der Waals surface area contributed by atoms with Crippen LogP contribution in [0, 0.1) is 0 Å². The van der Waals surface area contributed by atoms with Crippen molar-refractivity contribution in [3.05, 3.63) is 48.6 Å². The molecule has 2 heteroatoms. The maximum Gasteiger partial charge on any atom is 0.0476 e. The molecule has 0 bridgehead atoms. The molecule has 1 N–H and O–H groups in total. The second-order valence-corrected chi connectivity index (χ2v) is 5.41. The van der Waals surface area contributed by atoms with Gasteiger partial charge in [0.15, 0.2) is 0 Å². The third-order valence-electron chi connectivity index (χ3n) is 3.36. The van der Waals surface area contributed by atoms with Crippen molar-refractivity contribution in [1.82, 2.24) is 10.2 Å². The Labute approximate surface area is 104 Å². The van der Waals surface area contributed by atoms with Gasteiger partial charge >= 0.3 is 0 Å².